The Balaban J connectivity index is 1.43. The number of hydrogen-bond acceptors (Lipinski definition) is 5. The van der Waals surface area contributed by atoms with Crippen molar-refractivity contribution in [3.05, 3.63) is 29.8 Å². The first-order valence-corrected chi connectivity index (χ1v) is 6.36. The van der Waals surface area contributed by atoms with E-state index in [-0.39, 0.29) is 24.6 Å². The molecule has 0 aliphatic carbocycles. The maximum Gasteiger partial charge on any atom is 0.186 e. The molecule has 0 spiro atoms. The van der Waals surface area contributed by atoms with Gasteiger partial charge in [-0.25, -0.2) is 0 Å². The molecule has 3 rings (SSSR count). The second-order valence-electron chi connectivity index (χ2n) is 4.71. The van der Waals surface area contributed by atoms with E-state index in [9.17, 15) is 0 Å². The number of epoxide rings is 1. The topological polar surface area (TPSA) is 49.5 Å². The van der Waals surface area contributed by atoms with Gasteiger partial charge in [0.2, 0.25) is 0 Å². The van der Waals surface area contributed by atoms with Gasteiger partial charge >= 0.3 is 0 Å². The zero-order valence-corrected chi connectivity index (χ0v) is 11.1. The molecule has 2 saturated heterocycles. The van der Waals surface area contributed by atoms with Crippen LogP contribution in [-0.4, -0.2) is 45.4 Å². The number of fused-ring (bicyclic) bond motifs is 1. The molecule has 2 fully saturated rings. The Bertz CT molecular complexity index is 418. The minimum Gasteiger partial charge on any atom is -0.497 e. The largest absolute Gasteiger partial charge is 0.497 e. The number of rotatable bonds is 6. The van der Waals surface area contributed by atoms with Crippen LogP contribution in [0.1, 0.15) is 5.56 Å². The minimum absolute atomic E-state index is 0.0202. The molecule has 4 atom stereocenters. The van der Waals surface area contributed by atoms with Crippen molar-refractivity contribution in [1.82, 2.24) is 0 Å². The number of benzene rings is 1. The average molecular weight is 266 g/mol. The van der Waals surface area contributed by atoms with E-state index in [2.05, 4.69) is 0 Å². The highest BCUT2D eigenvalue weighted by atomic mass is 16.8. The van der Waals surface area contributed by atoms with Crippen LogP contribution in [0.2, 0.25) is 0 Å². The van der Waals surface area contributed by atoms with Crippen LogP contribution in [0.5, 0.6) is 5.75 Å². The Morgan fingerprint density at radius 1 is 1.05 bits per heavy atom. The van der Waals surface area contributed by atoms with Crippen molar-refractivity contribution in [2.45, 2.75) is 31.2 Å². The van der Waals surface area contributed by atoms with E-state index >= 15 is 0 Å². The van der Waals surface area contributed by atoms with Gasteiger partial charge in [0.15, 0.2) is 6.29 Å². The van der Waals surface area contributed by atoms with Crippen LogP contribution in [-0.2, 0) is 25.6 Å². The molecule has 0 aromatic heterocycles. The van der Waals surface area contributed by atoms with Gasteiger partial charge in [0.25, 0.3) is 0 Å². The first-order chi connectivity index (χ1) is 9.31. The Kier molecular flexibility index (Phi) is 3.70. The van der Waals surface area contributed by atoms with Gasteiger partial charge in [-0.15, -0.1) is 0 Å². The summed E-state index contributed by atoms with van der Waals surface area (Å²) in [5.41, 5.74) is 1.11. The highest BCUT2D eigenvalue weighted by Gasteiger charge is 2.58. The van der Waals surface area contributed by atoms with E-state index in [4.69, 9.17) is 23.7 Å². The molecular formula is C14H18O5. The third-order valence-electron chi connectivity index (χ3n) is 3.45. The summed E-state index contributed by atoms with van der Waals surface area (Å²) in [4.78, 5) is 0. The molecule has 2 aliphatic heterocycles. The summed E-state index contributed by atoms with van der Waals surface area (Å²) in [6.45, 7) is 1.08. The van der Waals surface area contributed by atoms with Crippen LogP contribution >= 0.6 is 0 Å². The van der Waals surface area contributed by atoms with E-state index in [1.807, 2.05) is 24.3 Å². The predicted molar refractivity (Wildman–Crippen MR) is 67.0 cm³/mol. The zero-order valence-electron chi connectivity index (χ0n) is 11.1. The van der Waals surface area contributed by atoms with Crippen molar-refractivity contribution in [2.75, 3.05) is 20.8 Å². The maximum absolute atomic E-state index is 5.67. The third-order valence-corrected chi connectivity index (χ3v) is 3.45. The van der Waals surface area contributed by atoms with Gasteiger partial charge in [-0.05, 0) is 17.7 Å². The van der Waals surface area contributed by atoms with E-state index in [0.29, 0.717) is 13.2 Å². The van der Waals surface area contributed by atoms with Gasteiger partial charge in [-0.2, -0.15) is 0 Å². The Hall–Kier alpha value is -1.14. The summed E-state index contributed by atoms with van der Waals surface area (Å²) in [7, 11) is 3.28. The molecule has 0 bridgehead atoms. The summed E-state index contributed by atoms with van der Waals surface area (Å²) < 4.78 is 27.1. The summed E-state index contributed by atoms with van der Waals surface area (Å²) in [5.74, 6) is 0.847. The second kappa shape index (κ2) is 5.46. The van der Waals surface area contributed by atoms with E-state index in [1.165, 1.54) is 0 Å². The average Bonchev–Trinajstić information content (AvgIpc) is 3.17. The molecule has 2 aliphatic rings. The molecule has 0 radical (unpaired) electrons. The van der Waals surface area contributed by atoms with E-state index < -0.39 is 0 Å². The minimum atomic E-state index is -0.236. The lowest BCUT2D eigenvalue weighted by Crippen LogP contribution is -2.25. The molecule has 1 aromatic carbocycles. The smallest absolute Gasteiger partial charge is 0.186 e. The molecule has 5 nitrogen and oxygen atoms in total. The second-order valence-corrected chi connectivity index (χ2v) is 4.71. The van der Waals surface area contributed by atoms with Gasteiger partial charge in [0, 0.05) is 7.11 Å². The van der Waals surface area contributed by atoms with Crippen LogP contribution in [0.3, 0.4) is 0 Å². The molecular weight excluding hydrogens is 248 g/mol. The molecule has 0 amide bonds. The van der Waals surface area contributed by atoms with Crippen molar-refractivity contribution in [3.63, 3.8) is 0 Å². The number of methoxy groups -OCH3 is 2. The normalized spacial score (nSPS) is 32.1. The monoisotopic (exact) mass is 266 g/mol. The van der Waals surface area contributed by atoms with Gasteiger partial charge in [0.1, 0.15) is 24.1 Å². The van der Waals surface area contributed by atoms with Crippen LogP contribution in [0.25, 0.3) is 0 Å². The molecule has 0 unspecified atom stereocenters. The summed E-state index contributed by atoms with van der Waals surface area (Å²) >= 11 is 0. The fourth-order valence-electron chi connectivity index (χ4n) is 2.32. The summed E-state index contributed by atoms with van der Waals surface area (Å²) in [5, 5.41) is 0. The van der Waals surface area contributed by atoms with Gasteiger partial charge in [-0.3, -0.25) is 0 Å². The van der Waals surface area contributed by atoms with Crippen LogP contribution in [0, 0.1) is 0 Å². The first-order valence-electron chi connectivity index (χ1n) is 6.36. The van der Waals surface area contributed by atoms with E-state index in [0.717, 1.165) is 11.3 Å². The fraction of sp³-hybridized carbons (Fsp3) is 0.571. The predicted octanol–water partition coefficient (Wildman–Crippen LogP) is 1.35. The highest BCUT2D eigenvalue weighted by Crippen LogP contribution is 2.39. The van der Waals surface area contributed by atoms with Crippen LogP contribution < -0.4 is 4.74 Å². The van der Waals surface area contributed by atoms with Crippen molar-refractivity contribution in [1.29, 1.82) is 0 Å². The lowest BCUT2D eigenvalue weighted by Gasteiger charge is -2.16. The Labute approximate surface area is 112 Å². The highest BCUT2D eigenvalue weighted by molar-refractivity contribution is 5.26. The zero-order chi connectivity index (χ0) is 13.2. The standard InChI is InChI=1S/C14H18O5/c1-15-10-5-3-9(4-6-10)7-17-8-11-12-13(19-12)14(16-2)18-11/h3-6,11-14H,7-8H2,1-2H3/t11-,12-,13-,14-/m1/s1. The van der Waals surface area contributed by atoms with Gasteiger partial charge in [0.05, 0.1) is 20.3 Å². The molecule has 5 heteroatoms. The molecule has 1 aromatic rings. The Morgan fingerprint density at radius 2 is 1.84 bits per heavy atom. The summed E-state index contributed by atoms with van der Waals surface area (Å²) in [6.07, 6.45) is -0.0202. The lowest BCUT2D eigenvalue weighted by molar-refractivity contribution is -0.171. The van der Waals surface area contributed by atoms with Gasteiger partial charge < -0.3 is 23.7 Å². The first kappa shape index (κ1) is 12.9. The van der Waals surface area contributed by atoms with Gasteiger partial charge in [-0.1, -0.05) is 12.1 Å². The molecule has 0 N–H and O–H groups in total. The fourth-order valence-corrected chi connectivity index (χ4v) is 2.32. The van der Waals surface area contributed by atoms with Crippen molar-refractivity contribution in [3.8, 4) is 5.75 Å². The molecule has 2 heterocycles. The van der Waals surface area contributed by atoms with Crippen LogP contribution in [0.4, 0.5) is 0 Å². The summed E-state index contributed by atoms with van der Waals surface area (Å²) in [6, 6.07) is 7.82. The molecule has 0 saturated carbocycles. The quantitative estimate of drug-likeness (QED) is 0.727. The number of ether oxygens (including phenoxy) is 5. The van der Waals surface area contributed by atoms with Crippen molar-refractivity contribution in [2.24, 2.45) is 0 Å². The molecule has 19 heavy (non-hydrogen) atoms. The maximum atomic E-state index is 5.67. The van der Waals surface area contributed by atoms with Crippen LogP contribution in [0.15, 0.2) is 24.3 Å². The Morgan fingerprint density at radius 3 is 2.47 bits per heavy atom. The third kappa shape index (κ3) is 2.74. The SMILES string of the molecule is COc1ccc(COC[C@H]2O[C@@H](OC)[C@@H]3O[C@@H]32)cc1. The van der Waals surface area contributed by atoms with Crippen molar-refractivity contribution < 1.29 is 23.7 Å². The molecule has 104 valence electrons. The van der Waals surface area contributed by atoms with E-state index in [1.54, 1.807) is 14.2 Å². The van der Waals surface area contributed by atoms with Crippen molar-refractivity contribution >= 4 is 0 Å². The number of hydrogen-bond donors (Lipinski definition) is 0. The lowest BCUT2D eigenvalue weighted by atomic mass is 10.2.